The maximum atomic E-state index is 9.35. The molecule has 0 spiro atoms. The van der Waals surface area contributed by atoms with Crippen LogP contribution in [0.4, 0.5) is 0 Å². The summed E-state index contributed by atoms with van der Waals surface area (Å²) >= 11 is 5.15. The Morgan fingerprint density at radius 2 is 2.40 bits per heavy atom. The second-order valence-electron chi connectivity index (χ2n) is 3.64. The van der Waals surface area contributed by atoms with E-state index in [0.717, 1.165) is 32.4 Å². The molecule has 1 aromatic heterocycles. The number of hydrogen-bond donors (Lipinski definition) is 2. The van der Waals surface area contributed by atoms with E-state index in [-0.39, 0.29) is 6.10 Å². The van der Waals surface area contributed by atoms with Gasteiger partial charge >= 0.3 is 0 Å². The van der Waals surface area contributed by atoms with Gasteiger partial charge in [-0.1, -0.05) is 6.92 Å². The number of nitrogens with one attached hydrogen (secondary N) is 1. The zero-order chi connectivity index (χ0) is 11.1. The lowest BCUT2D eigenvalue weighted by molar-refractivity contribution is 0.157. The van der Waals surface area contributed by atoms with Crippen molar-refractivity contribution >= 4 is 27.3 Å². The molecule has 0 radical (unpaired) electrons. The molecule has 15 heavy (non-hydrogen) atoms. The number of halogens is 1. The molecule has 1 unspecified atom stereocenters. The van der Waals surface area contributed by atoms with E-state index in [1.807, 2.05) is 6.92 Å². The maximum Gasteiger partial charge on any atom is 0.0701 e. The average Bonchev–Trinajstić information content (AvgIpc) is 2.63. The predicted octanol–water partition coefficient (Wildman–Crippen LogP) is 3.15. The van der Waals surface area contributed by atoms with E-state index in [2.05, 4.69) is 32.7 Å². The molecule has 0 aliphatic rings. The van der Waals surface area contributed by atoms with Crippen molar-refractivity contribution in [3.05, 3.63) is 20.8 Å². The number of aliphatic hydroxyl groups excluding tert-OH is 1. The van der Waals surface area contributed by atoms with Crippen LogP contribution >= 0.6 is 27.3 Å². The van der Waals surface area contributed by atoms with Crippen LogP contribution in [0, 0.1) is 0 Å². The first-order chi connectivity index (χ1) is 7.22. The summed E-state index contributed by atoms with van der Waals surface area (Å²) in [7, 11) is 0. The normalized spacial score (nSPS) is 13.0. The molecule has 1 atom stereocenters. The monoisotopic (exact) mass is 291 g/mol. The van der Waals surface area contributed by atoms with E-state index in [1.165, 1.54) is 9.35 Å². The van der Waals surface area contributed by atoms with Crippen LogP contribution < -0.4 is 5.32 Å². The van der Waals surface area contributed by atoms with E-state index < -0.39 is 0 Å². The molecule has 0 bridgehead atoms. The van der Waals surface area contributed by atoms with Crippen LogP contribution in [0.25, 0.3) is 0 Å². The minimum atomic E-state index is -0.123. The van der Waals surface area contributed by atoms with Crippen molar-refractivity contribution in [1.82, 2.24) is 5.32 Å². The van der Waals surface area contributed by atoms with Gasteiger partial charge in [0, 0.05) is 6.54 Å². The van der Waals surface area contributed by atoms with Gasteiger partial charge in [0.1, 0.15) is 0 Å². The highest BCUT2D eigenvalue weighted by Gasteiger charge is 2.00. The van der Waals surface area contributed by atoms with Gasteiger partial charge in [-0.15, -0.1) is 11.3 Å². The lowest BCUT2D eigenvalue weighted by Gasteiger charge is -2.07. The number of thiophene rings is 1. The van der Waals surface area contributed by atoms with Crippen molar-refractivity contribution in [2.45, 2.75) is 38.8 Å². The molecule has 0 aliphatic carbocycles. The van der Waals surface area contributed by atoms with Gasteiger partial charge in [-0.05, 0) is 58.7 Å². The summed E-state index contributed by atoms with van der Waals surface area (Å²) in [6.07, 6.45) is 2.68. The third kappa shape index (κ3) is 5.66. The molecular formula is C11H18BrNOS. The smallest absolute Gasteiger partial charge is 0.0701 e. The first kappa shape index (κ1) is 13.2. The summed E-state index contributed by atoms with van der Waals surface area (Å²) in [6.45, 7) is 3.91. The highest BCUT2D eigenvalue weighted by atomic mass is 79.9. The quantitative estimate of drug-likeness (QED) is 0.757. The lowest BCUT2D eigenvalue weighted by Crippen LogP contribution is -2.16. The van der Waals surface area contributed by atoms with E-state index >= 15 is 0 Å². The Morgan fingerprint density at radius 1 is 1.60 bits per heavy atom. The lowest BCUT2D eigenvalue weighted by atomic mass is 10.1. The fourth-order valence-corrected chi connectivity index (χ4v) is 2.55. The minimum absolute atomic E-state index is 0.123. The highest BCUT2D eigenvalue weighted by molar-refractivity contribution is 9.11. The zero-order valence-corrected chi connectivity index (χ0v) is 11.4. The Bertz CT molecular complexity index is 277. The minimum Gasteiger partial charge on any atom is -0.393 e. The van der Waals surface area contributed by atoms with Crippen LogP contribution in [0.15, 0.2) is 15.2 Å². The molecule has 2 N–H and O–H groups in total. The van der Waals surface area contributed by atoms with Crippen molar-refractivity contribution in [1.29, 1.82) is 0 Å². The predicted molar refractivity (Wildman–Crippen MR) is 69.3 cm³/mol. The molecule has 0 fully saturated rings. The number of hydrogen-bond acceptors (Lipinski definition) is 3. The first-order valence-electron chi connectivity index (χ1n) is 5.34. The third-order valence-electron chi connectivity index (χ3n) is 2.31. The first-order valence-corrected chi connectivity index (χ1v) is 7.01. The zero-order valence-electron chi connectivity index (χ0n) is 9.00. The third-order valence-corrected chi connectivity index (χ3v) is 3.87. The molecule has 1 rings (SSSR count). The molecule has 4 heteroatoms. The van der Waals surface area contributed by atoms with Crippen LogP contribution in [0.1, 0.15) is 31.7 Å². The summed E-state index contributed by atoms with van der Waals surface area (Å²) < 4.78 is 1.18. The van der Waals surface area contributed by atoms with Crippen LogP contribution in [0.5, 0.6) is 0 Å². The van der Waals surface area contributed by atoms with Gasteiger partial charge in [-0.2, -0.15) is 0 Å². The van der Waals surface area contributed by atoms with Gasteiger partial charge < -0.3 is 10.4 Å². The van der Waals surface area contributed by atoms with Crippen LogP contribution in [0.3, 0.4) is 0 Å². The molecule has 0 aliphatic heterocycles. The molecule has 0 amide bonds. The summed E-state index contributed by atoms with van der Waals surface area (Å²) in [5.41, 5.74) is 1.32. The standard InChI is InChI=1S/C11H18BrNOS/c1-2-10(14)4-3-5-13-7-9-6-11(12)15-8-9/h6,8,10,13-14H,2-5,7H2,1H3. The van der Waals surface area contributed by atoms with Gasteiger partial charge in [0.05, 0.1) is 9.89 Å². The molecule has 0 aromatic carbocycles. The second-order valence-corrected chi connectivity index (χ2v) is 5.93. The fraction of sp³-hybridized carbons (Fsp3) is 0.636. The van der Waals surface area contributed by atoms with Crippen molar-refractivity contribution in [3.8, 4) is 0 Å². The average molecular weight is 292 g/mol. The fourth-order valence-electron chi connectivity index (χ4n) is 1.34. The molecule has 0 saturated carbocycles. The van der Waals surface area contributed by atoms with Crippen molar-refractivity contribution in [2.24, 2.45) is 0 Å². The van der Waals surface area contributed by atoms with E-state index in [4.69, 9.17) is 0 Å². The summed E-state index contributed by atoms with van der Waals surface area (Å²) in [4.78, 5) is 0. The van der Waals surface area contributed by atoms with Crippen LogP contribution in [0.2, 0.25) is 0 Å². The topological polar surface area (TPSA) is 32.3 Å². The van der Waals surface area contributed by atoms with Crippen molar-refractivity contribution in [2.75, 3.05) is 6.54 Å². The van der Waals surface area contributed by atoms with Crippen molar-refractivity contribution < 1.29 is 5.11 Å². The molecule has 1 heterocycles. The Morgan fingerprint density at radius 3 is 3.00 bits per heavy atom. The Labute approximate surface area is 104 Å². The van der Waals surface area contributed by atoms with Gasteiger partial charge in [0.15, 0.2) is 0 Å². The number of aliphatic hydroxyl groups is 1. The van der Waals surface area contributed by atoms with Gasteiger partial charge in [0.2, 0.25) is 0 Å². The summed E-state index contributed by atoms with van der Waals surface area (Å²) in [6, 6.07) is 2.14. The Kier molecular flexibility index (Phi) is 6.48. The summed E-state index contributed by atoms with van der Waals surface area (Å²) in [5, 5.41) is 14.9. The molecule has 1 aromatic rings. The number of rotatable bonds is 7. The van der Waals surface area contributed by atoms with E-state index in [9.17, 15) is 5.11 Å². The van der Waals surface area contributed by atoms with Gasteiger partial charge in [0.25, 0.3) is 0 Å². The molecule has 86 valence electrons. The molecular weight excluding hydrogens is 274 g/mol. The van der Waals surface area contributed by atoms with E-state index in [1.54, 1.807) is 11.3 Å². The van der Waals surface area contributed by atoms with Crippen LogP contribution in [-0.4, -0.2) is 17.8 Å². The molecule has 2 nitrogen and oxygen atoms in total. The Hall–Kier alpha value is 0.100. The van der Waals surface area contributed by atoms with Gasteiger partial charge in [-0.3, -0.25) is 0 Å². The largest absolute Gasteiger partial charge is 0.393 e. The van der Waals surface area contributed by atoms with E-state index in [0.29, 0.717) is 0 Å². The maximum absolute atomic E-state index is 9.35. The Balaban J connectivity index is 2.02. The second kappa shape index (κ2) is 7.39. The molecule has 0 saturated heterocycles. The summed E-state index contributed by atoms with van der Waals surface area (Å²) in [5.74, 6) is 0. The SMILES string of the molecule is CCC(O)CCCNCc1csc(Br)c1. The van der Waals surface area contributed by atoms with Crippen molar-refractivity contribution in [3.63, 3.8) is 0 Å². The van der Waals surface area contributed by atoms with Crippen LogP contribution in [-0.2, 0) is 6.54 Å². The highest BCUT2D eigenvalue weighted by Crippen LogP contribution is 2.20. The van der Waals surface area contributed by atoms with Gasteiger partial charge in [-0.25, -0.2) is 0 Å².